The summed E-state index contributed by atoms with van der Waals surface area (Å²) in [5.74, 6) is -0.140. The second-order valence-corrected chi connectivity index (χ2v) is 6.47. The van der Waals surface area contributed by atoms with Crippen LogP contribution in [0.5, 0.6) is 0 Å². The van der Waals surface area contributed by atoms with Gasteiger partial charge < -0.3 is 5.73 Å². The fraction of sp³-hybridized carbons (Fsp3) is 0.417. The fourth-order valence-corrected chi connectivity index (χ4v) is 3.67. The maximum atomic E-state index is 12.4. The molecular weight excluding hydrogens is 264 g/mol. The molecule has 6 nitrogen and oxygen atoms in total. The van der Waals surface area contributed by atoms with E-state index in [1.165, 1.54) is 15.7 Å². The van der Waals surface area contributed by atoms with Crippen molar-refractivity contribution >= 4 is 21.7 Å². The van der Waals surface area contributed by atoms with Crippen LogP contribution < -0.4 is 10.0 Å². The molecule has 1 saturated heterocycles. The average molecular weight is 282 g/mol. The standard InChI is InChI=1S/C12H18N4O2S/c1-15(19(17,18)16-8-4-5-9-16)11-7-3-2-6-10(11)12(13)14/h2-3,6-7H,4-5,8-9H2,1H3,(H3,13,14). The number of hydrogen-bond acceptors (Lipinski definition) is 3. The van der Waals surface area contributed by atoms with Gasteiger partial charge in [0.2, 0.25) is 0 Å². The summed E-state index contributed by atoms with van der Waals surface area (Å²) in [5, 5.41) is 7.53. The molecule has 3 N–H and O–H groups in total. The third kappa shape index (κ3) is 2.57. The van der Waals surface area contributed by atoms with Gasteiger partial charge in [-0.05, 0) is 25.0 Å². The van der Waals surface area contributed by atoms with E-state index >= 15 is 0 Å². The van der Waals surface area contributed by atoms with Gasteiger partial charge in [0.15, 0.2) is 0 Å². The number of hydrogen-bond donors (Lipinski definition) is 2. The van der Waals surface area contributed by atoms with Crippen LogP contribution >= 0.6 is 0 Å². The lowest BCUT2D eigenvalue weighted by atomic mass is 10.1. The number of anilines is 1. The first-order chi connectivity index (χ1) is 8.94. The minimum atomic E-state index is -3.53. The number of nitrogens with one attached hydrogen (secondary N) is 1. The van der Waals surface area contributed by atoms with Gasteiger partial charge in [-0.2, -0.15) is 12.7 Å². The van der Waals surface area contributed by atoms with E-state index in [1.807, 2.05) is 0 Å². The van der Waals surface area contributed by atoms with Crippen LogP contribution in [-0.4, -0.2) is 38.7 Å². The van der Waals surface area contributed by atoms with Crippen LogP contribution in [0.3, 0.4) is 0 Å². The van der Waals surface area contributed by atoms with E-state index in [-0.39, 0.29) is 5.84 Å². The van der Waals surface area contributed by atoms with Crippen LogP contribution in [0.4, 0.5) is 5.69 Å². The van der Waals surface area contributed by atoms with Crippen molar-refractivity contribution in [2.45, 2.75) is 12.8 Å². The Morgan fingerprint density at radius 2 is 1.89 bits per heavy atom. The van der Waals surface area contributed by atoms with Gasteiger partial charge in [-0.25, -0.2) is 0 Å². The van der Waals surface area contributed by atoms with Crippen molar-refractivity contribution in [2.24, 2.45) is 5.73 Å². The molecule has 0 bridgehead atoms. The van der Waals surface area contributed by atoms with E-state index in [2.05, 4.69) is 0 Å². The van der Waals surface area contributed by atoms with Gasteiger partial charge in [0.1, 0.15) is 5.84 Å². The molecule has 7 heteroatoms. The highest BCUT2D eigenvalue weighted by Gasteiger charge is 2.30. The molecule has 0 spiro atoms. The number of amidine groups is 1. The third-order valence-corrected chi connectivity index (χ3v) is 5.18. The molecular formula is C12H18N4O2S. The minimum absolute atomic E-state index is 0.140. The highest BCUT2D eigenvalue weighted by molar-refractivity contribution is 7.90. The monoisotopic (exact) mass is 282 g/mol. The number of nitrogens with zero attached hydrogens (tertiary/aromatic N) is 2. The van der Waals surface area contributed by atoms with E-state index in [0.29, 0.717) is 24.3 Å². The van der Waals surface area contributed by atoms with Gasteiger partial charge >= 0.3 is 10.2 Å². The predicted molar refractivity (Wildman–Crippen MR) is 75.6 cm³/mol. The molecule has 0 aromatic heterocycles. The van der Waals surface area contributed by atoms with Crippen molar-refractivity contribution in [3.8, 4) is 0 Å². The molecule has 0 atom stereocenters. The molecule has 1 heterocycles. The zero-order chi connectivity index (χ0) is 14.0. The van der Waals surface area contributed by atoms with E-state index in [1.54, 1.807) is 24.3 Å². The lowest BCUT2D eigenvalue weighted by molar-refractivity contribution is 0.476. The summed E-state index contributed by atoms with van der Waals surface area (Å²) in [6, 6.07) is 6.77. The number of nitrogens with two attached hydrogens (primary N) is 1. The Hall–Kier alpha value is -1.60. The maximum Gasteiger partial charge on any atom is 0.303 e. The smallest absolute Gasteiger partial charge is 0.303 e. The van der Waals surface area contributed by atoms with Gasteiger partial charge in [-0.3, -0.25) is 9.71 Å². The van der Waals surface area contributed by atoms with Crippen LogP contribution in [-0.2, 0) is 10.2 Å². The average Bonchev–Trinajstić information content (AvgIpc) is 2.92. The van der Waals surface area contributed by atoms with Gasteiger partial charge in [-0.1, -0.05) is 12.1 Å². The van der Waals surface area contributed by atoms with Gasteiger partial charge in [0.05, 0.1) is 5.69 Å². The van der Waals surface area contributed by atoms with Crippen molar-refractivity contribution in [1.82, 2.24) is 4.31 Å². The molecule has 1 fully saturated rings. The van der Waals surface area contributed by atoms with E-state index in [4.69, 9.17) is 11.1 Å². The first kappa shape index (κ1) is 13.8. The SMILES string of the molecule is CN(c1ccccc1C(=N)N)S(=O)(=O)N1CCCC1. The highest BCUT2D eigenvalue weighted by atomic mass is 32.2. The summed E-state index contributed by atoms with van der Waals surface area (Å²) in [6.45, 7) is 1.10. The molecule has 1 aromatic carbocycles. The summed E-state index contributed by atoms with van der Waals surface area (Å²) >= 11 is 0. The number of benzene rings is 1. The Morgan fingerprint density at radius 1 is 1.32 bits per heavy atom. The first-order valence-electron chi connectivity index (χ1n) is 6.12. The minimum Gasteiger partial charge on any atom is -0.384 e. The van der Waals surface area contributed by atoms with Crippen LogP contribution in [0.25, 0.3) is 0 Å². The Balaban J connectivity index is 2.39. The molecule has 1 aromatic rings. The van der Waals surface area contributed by atoms with Crippen molar-refractivity contribution < 1.29 is 8.42 Å². The summed E-state index contributed by atoms with van der Waals surface area (Å²) in [7, 11) is -2.04. The topological polar surface area (TPSA) is 90.5 Å². The fourth-order valence-electron chi connectivity index (χ4n) is 2.19. The molecule has 0 aliphatic carbocycles. The quantitative estimate of drug-likeness (QED) is 0.630. The molecule has 1 aliphatic rings. The second-order valence-electron chi connectivity index (χ2n) is 4.51. The normalized spacial score (nSPS) is 16.5. The maximum absolute atomic E-state index is 12.4. The second kappa shape index (κ2) is 5.18. The zero-order valence-corrected chi connectivity index (χ0v) is 11.7. The summed E-state index contributed by atoms with van der Waals surface area (Å²) in [4.78, 5) is 0. The van der Waals surface area contributed by atoms with Crippen molar-refractivity contribution in [2.75, 3.05) is 24.4 Å². The zero-order valence-electron chi connectivity index (χ0n) is 10.8. The molecule has 0 amide bonds. The molecule has 104 valence electrons. The van der Waals surface area contributed by atoms with Crippen molar-refractivity contribution in [3.05, 3.63) is 29.8 Å². The lowest BCUT2D eigenvalue weighted by Gasteiger charge is -2.26. The summed E-state index contributed by atoms with van der Waals surface area (Å²) in [6.07, 6.45) is 1.78. The van der Waals surface area contributed by atoms with Crippen molar-refractivity contribution in [1.29, 1.82) is 5.41 Å². The molecule has 1 aliphatic heterocycles. The predicted octanol–water partition coefficient (Wildman–Crippen LogP) is 0.747. The van der Waals surface area contributed by atoms with Crippen LogP contribution in [0, 0.1) is 5.41 Å². The van der Waals surface area contributed by atoms with Gasteiger partial charge in [0.25, 0.3) is 0 Å². The first-order valence-corrected chi connectivity index (χ1v) is 7.51. The van der Waals surface area contributed by atoms with Crippen molar-refractivity contribution in [3.63, 3.8) is 0 Å². The van der Waals surface area contributed by atoms with Crippen LogP contribution in [0.15, 0.2) is 24.3 Å². The van der Waals surface area contributed by atoms with E-state index in [9.17, 15) is 8.42 Å². The Labute approximate surface area is 113 Å². The lowest BCUT2D eigenvalue weighted by Crippen LogP contribution is -2.41. The van der Waals surface area contributed by atoms with Gasteiger partial charge in [-0.15, -0.1) is 0 Å². The molecule has 2 rings (SSSR count). The third-order valence-electron chi connectivity index (χ3n) is 3.27. The molecule has 19 heavy (non-hydrogen) atoms. The van der Waals surface area contributed by atoms with Crippen LogP contribution in [0.1, 0.15) is 18.4 Å². The summed E-state index contributed by atoms with van der Waals surface area (Å²) in [5.41, 5.74) is 6.35. The Kier molecular flexibility index (Phi) is 3.77. The molecule has 0 unspecified atom stereocenters. The molecule has 0 saturated carbocycles. The highest BCUT2D eigenvalue weighted by Crippen LogP contribution is 2.24. The number of nitrogen functional groups attached to an aromatic ring is 1. The van der Waals surface area contributed by atoms with Gasteiger partial charge in [0, 0.05) is 25.7 Å². The van der Waals surface area contributed by atoms with Crippen LogP contribution in [0.2, 0.25) is 0 Å². The number of para-hydroxylation sites is 1. The molecule has 0 radical (unpaired) electrons. The largest absolute Gasteiger partial charge is 0.384 e. The Morgan fingerprint density at radius 3 is 2.47 bits per heavy atom. The van der Waals surface area contributed by atoms with E-state index in [0.717, 1.165) is 12.8 Å². The number of rotatable bonds is 4. The summed E-state index contributed by atoms with van der Waals surface area (Å²) < 4.78 is 27.6. The Bertz CT molecular complexity index is 579. The van der Waals surface area contributed by atoms with E-state index < -0.39 is 10.2 Å².